The highest BCUT2D eigenvalue weighted by Crippen LogP contribution is 2.28. The lowest BCUT2D eigenvalue weighted by molar-refractivity contribution is 0.306. The van der Waals surface area contributed by atoms with Crippen molar-refractivity contribution < 1.29 is 4.52 Å². The standard InChI is InChI=1S/C17H25N5O/c1-13-19-17(23-20-13)7-4-9-21-10-8-14(11-21)22-12-18-15-5-2-3-6-16(15)22/h12,14H,2-11H2,1H3. The highest BCUT2D eigenvalue weighted by Gasteiger charge is 2.27. The van der Waals surface area contributed by atoms with Crippen LogP contribution >= 0.6 is 0 Å². The van der Waals surface area contributed by atoms with Crippen LogP contribution in [0.15, 0.2) is 10.9 Å². The van der Waals surface area contributed by atoms with Gasteiger partial charge in [0, 0.05) is 31.2 Å². The van der Waals surface area contributed by atoms with Crippen molar-refractivity contribution in [2.45, 2.75) is 57.9 Å². The van der Waals surface area contributed by atoms with Crippen LogP contribution in [0.4, 0.5) is 0 Å². The SMILES string of the molecule is Cc1noc(CCCN2CCC(n3cnc4c3CCCC4)C2)n1. The summed E-state index contributed by atoms with van der Waals surface area (Å²) in [5.41, 5.74) is 2.85. The molecule has 1 aliphatic carbocycles. The first-order valence-electron chi connectivity index (χ1n) is 8.86. The van der Waals surface area contributed by atoms with Crippen molar-refractivity contribution >= 4 is 0 Å². The van der Waals surface area contributed by atoms with E-state index in [0.717, 1.165) is 37.6 Å². The van der Waals surface area contributed by atoms with Crippen LogP contribution in [-0.4, -0.2) is 44.2 Å². The minimum Gasteiger partial charge on any atom is -0.339 e. The third kappa shape index (κ3) is 3.17. The lowest BCUT2D eigenvalue weighted by Crippen LogP contribution is -2.23. The predicted molar refractivity (Wildman–Crippen MR) is 86.3 cm³/mol. The van der Waals surface area contributed by atoms with Crippen molar-refractivity contribution in [1.29, 1.82) is 0 Å². The fourth-order valence-electron chi connectivity index (χ4n) is 3.94. The predicted octanol–water partition coefficient (Wildman–Crippen LogP) is 2.33. The quantitative estimate of drug-likeness (QED) is 0.847. The van der Waals surface area contributed by atoms with Gasteiger partial charge < -0.3 is 14.0 Å². The molecular weight excluding hydrogens is 290 g/mol. The number of imidazole rings is 1. The number of nitrogens with zero attached hydrogens (tertiary/aromatic N) is 5. The fraction of sp³-hybridized carbons (Fsp3) is 0.706. The van der Waals surface area contributed by atoms with E-state index in [2.05, 4.69) is 30.9 Å². The molecule has 0 spiro atoms. The van der Waals surface area contributed by atoms with Crippen LogP contribution in [-0.2, 0) is 19.3 Å². The van der Waals surface area contributed by atoms with Crippen LogP contribution in [0, 0.1) is 6.92 Å². The highest BCUT2D eigenvalue weighted by molar-refractivity contribution is 5.17. The fourth-order valence-corrected chi connectivity index (χ4v) is 3.94. The van der Waals surface area contributed by atoms with E-state index < -0.39 is 0 Å². The van der Waals surface area contributed by atoms with Gasteiger partial charge in [-0.25, -0.2) is 4.98 Å². The molecule has 1 fully saturated rings. The summed E-state index contributed by atoms with van der Waals surface area (Å²) in [4.78, 5) is 11.5. The number of rotatable bonds is 5. The first kappa shape index (κ1) is 14.9. The Morgan fingerprint density at radius 3 is 3.09 bits per heavy atom. The summed E-state index contributed by atoms with van der Waals surface area (Å²) in [5, 5.41) is 3.84. The molecule has 2 aromatic rings. The van der Waals surface area contributed by atoms with E-state index in [1.165, 1.54) is 50.0 Å². The monoisotopic (exact) mass is 315 g/mol. The van der Waals surface area contributed by atoms with Crippen LogP contribution in [0.3, 0.4) is 0 Å². The normalized spacial score (nSPS) is 21.7. The molecule has 0 aromatic carbocycles. The van der Waals surface area contributed by atoms with Gasteiger partial charge in [-0.3, -0.25) is 0 Å². The molecule has 0 radical (unpaired) electrons. The van der Waals surface area contributed by atoms with E-state index >= 15 is 0 Å². The molecule has 1 saturated heterocycles. The Balaban J connectivity index is 1.30. The van der Waals surface area contributed by atoms with E-state index in [0.29, 0.717) is 6.04 Å². The van der Waals surface area contributed by atoms with Gasteiger partial charge in [0.25, 0.3) is 0 Å². The largest absolute Gasteiger partial charge is 0.339 e. The average molecular weight is 315 g/mol. The van der Waals surface area contributed by atoms with Gasteiger partial charge >= 0.3 is 0 Å². The Morgan fingerprint density at radius 2 is 2.22 bits per heavy atom. The second-order valence-electron chi connectivity index (χ2n) is 6.83. The Labute approximate surface area is 136 Å². The molecule has 0 amide bonds. The molecule has 124 valence electrons. The molecule has 1 unspecified atom stereocenters. The number of aromatic nitrogens is 4. The lowest BCUT2D eigenvalue weighted by atomic mass is 10.0. The lowest BCUT2D eigenvalue weighted by Gasteiger charge is -2.20. The first-order valence-corrected chi connectivity index (χ1v) is 8.86. The molecule has 2 aliphatic rings. The molecule has 4 rings (SSSR count). The van der Waals surface area contributed by atoms with E-state index in [9.17, 15) is 0 Å². The van der Waals surface area contributed by atoms with E-state index in [-0.39, 0.29) is 0 Å². The van der Waals surface area contributed by atoms with Gasteiger partial charge in [0.15, 0.2) is 5.82 Å². The first-order chi connectivity index (χ1) is 11.3. The molecule has 3 heterocycles. The van der Waals surface area contributed by atoms with Crippen LogP contribution in [0.2, 0.25) is 0 Å². The van der Waals surface area contributed by atoms with Gasteiger partial charge in [0.2, 0.25) is 5.89 Å². The molecule has 1 atom stereocenters. The van der Waals surface area contributed by atoms with Crippen molar-refractivity contribution in [2.24, 2.45) is 0 Å². The van der Waals surface area contributed by atoms with E-state index in [4.69, 9.17) is 4.52 Å². The second-order valence-corrected chi connectivity index (χ2v) is 6.83. The Morgan fingerprint density at radius 1 is 1.30 bits per heavy atom. The molecule has 1 aliphatic heterocycles. The maximum absolute atomic E-state index is 5.18. The zero-order valence-electron chi connectivity index (χ0n) is 13.9. The van der Waals surface area contributed by atoms with Crippen molar-refractivity contribution in [3.05, 3.63) is 29.4 Å². The molecular formula is C17H25N5O. The molecule has 23 heavy (non-hydrogen) atoms. The third-order valence-corrected chi connectivity index (χ3v) is 5.14. The molecule has 2 aromatic heterocycles. The number of hydrogen-bond acceptors (Lipinski definition) is 5. The van der Waals surface area contributed by atoms with Crippen LogP contribution in [0.25, 0.3) is 0 Å². The zero-order chi connectivity index (χ0) is 15.6. The van der Waals surface area contributed by atoms with Gasteiger partial charge in [-0.05, 0) is 52.0 Å². The Hall–Kier alpha value is -1.69. The summed E-state index contributed by atoms with van der Waals surface area (Å²) in [6.07, 6.45) is 10.3. The third-order valence-electron chi connectivity index (χ3n) is 5.14. The molecule has 0 saturated carbocycles. The molecule has 0 bridgehead atoms. The van der Waals surface area contributed by atoms with Crippen LogP contribution in [0.1, 0.15) is 54.8 Å². The topological polar surface area (TPSA) is 60.0 Å². The summed E-state index contributed by atoms with van der Waals surface area (Å²) in [6.45, 7) is 5.30. The summed E-state index contributed by atoms with van der Waals surface area (Å²) in [5.74, 6) is 1.49. The van der Waals surface area contributed by atoms with Gasteiger partial charge in [0.1, 0.15) is 0 Å². The van der Waals surface area contributed by atoms with Crippen LogP contribution in [0.5, 0.6) is 0 Å². The number of hydrogen-bond donors (Lipinski definition) is 0. The number of fused-ring (bicyclic) bond motifs is 1. The molecule has 6 nitrogen and oxygen atoms in total. The highest BCUT2D eigenvalue weighted by atomic mass is 16.5. The van der Waals surface area contributed by atoms with E-state index in [1.54, 1.807) is 0 Å². The zero-order valence-corrected chi connectivity index (χ0v) is 13.9. The minimum atomic E-state index is 0.606. The summed E-state index contributed by atoms with van der Waals surface area (Å²) < 4.78 is 7.65. The van der Waals surface area contributed by atoms with E-state index in [1.807, 2.05) is 6.92 Å². The summed E-state index contributed by atoms with van der Waals surface area (Å²) >= 11 is 0. The number of likely N-dealkylation sites (tertiary alicyclic amines) is 1. The summed E-state index contributed by atoms with van der Waals surface area (Å²) in [7, 11) is 0. The van der Waals surface area contributed by atoms with Gasteiger partial charge in [-0.15, -0.1) is 0 Å². The minimum absolute atomic E-state index is 0.606. The van der Waals surface area contributed by atoms with Gasteiger partial charge in [-0.2, -0.15) is 4.98 Å². The Kier molecular flexibility index (Phi) is 4.16. The number of aryl methyl sites for hydroxylation is 3. The van der Waals surface area contributed by atoms with Crippen molar-refractivity contribution in [1.82, 2.24) is 24.6 Å². The van der Waals surface area contributed by atoms with Crippen molar-refractivity contribution in [2.75, 3.05) is 19.6 Å². The maximum atomic E-state index is 5.18. The van der Waals surface area contributed by atoms with Crippen molar-refractivity contribution in [3.63, 3.8) is 0 Å². The van der Waals surface area contributed by atoms with Gasteiger partial charge in [-0.1, -0.05) is 5.16 Å². The van der Waals surface area contributed by atoms with Crippen molar-refractivity contribution in [3.8, 4) is 0 Å². The molecule has 0 N–H and O–H groups in total. The van der Waals surface area contributed by atoms with Gasteiger partial charge in [0.05, 0.1) is 12.0 Å². The average Bonchev–Trinajstić information content (AvgIpc) is 3.27. The summed E-state index contributed by atoms with van der Waals surface area (Å²) in [6, 6.07) is 0.606. The second kappa shape index (κ2) is 6.43. The Bertz CT molecular complexity index is 662. The van der Waals surface area contributed by atoms with Crippen LogP contribution < -0.4 is 0 Å². The molecule has 6 heteroatoms. The smallest absolute Gasteiger partial charge is 0.226 e. The maximum Gasteiger partial charge on any atom is 0.226 e.